The summed E-state index contributed by atoms with van der Waals surface area (Å²) in [5.74, 6) is 3.23. The van der Waals surface area contributed by atoms with Crippen LogP contribution in [0.4, 0.5) is 10.6 Å². The van der Waals surface area contributed by atoms with Crippen LogP contribution in [0.1, 0.15) is 61.1 Å². The van der Waals surface area contributed by atoms with E-state index in [2.05, 4.69) is 27.4 Å². The van der Waals surface area contributed by atoms with Crippen LogP contribution in [0.25, 0.3) is 10.9 Å². The van der Waals surface area contributed by atoms with Crippen LogP contribution in [0.5, 0.6) is 11.6 Å². The van der Waals surface area contributed by atoms with Gasteiger partial charge in [-0.2, -0.15) is 0 Å². The molecule has 3 aromatic heterocycles. The van der Waals surface area contributed by atoms with Crippen LogP contribution >= 0.6 is 0 Å². The van der Waals surface area contributed by atoms with E-state index in [4.69, 9.17) is 9.26 Å². The van der Waals surface area contributed by atoms with Crippen LogP contribution in [-0.2, 0) is 17.8 Å². The second kappa shape index (κ2) is 8.68. The number of hydrogen-bond acceptors (Lipinski definition) is 7. The quantitative estimate of drug-likeness (QED) is 0.393. The number of hydrogen-bond donors (Lipinski definition) is 1. The van der Waals surface area contributed by atoms with Crippen molar-refractivity contribution >= 4 is 28.7 Å². The molecule has 2 saturated carbocycles. The summed E-state index contributed by atoms with van der Waals surface area (Å²) >= 11 is 0. The van der Waals surface area contributed by atoms with Gasteiger partial charge in [-0.3, -0.25) is 14.7 Å². The third-order valence-corrected chi connectivity index (χ3v) is 7.82. The summed E-state index contributed by atoms with van der Waals surface area (Å²) in [6.45, 7) is 4.51. The molecule has 0 bridgehead atoms. The first-order chi connectivity index (χ1) is 18.5. The van der Waals surface area contributed by atoms with Gasteiger partial charge in [-0.15, -0.1) is 0 Å². The molecule has 2 amide bonds. The van der Waals surface area contributed by atoms with Crippen molar-refractivity contribution in [1.29, 1.82) is 0 Å². The zero-order chi connectivity index (χ0) is 26.0. The van der Waals surface area contributed by atoms with Crippen molar-refractivity contribution in [3.05, 3.63) is 59.4 Å². The molecule has 7 rings (SSSR count). The fourth-order valence-corrected chi connectivity index (χ4v) is 5.26. The number of nitrogens with one attached hydrogen (secondary N) is 1. The summed E-state index contributed by atoms with van der Waals surface area (Å²) in [5.41, 5.74) is 3.43. The Morgan fingerprint density at radius 3 is 2.76 bits per heavy atom. The first-order valence-electron chi connectivity index (χ1n) is 13.2. The van der Waals surface area contributed by atoms with Crippen LogP contribution in [0.15, 0.2) is 41.3 Å². The molecule has 0 spiro atoms. The van der Waals surface area contributed by atoms with E-state index in [0.717, 1.165) is 59.2 Å². The molecule has 38 heavy (non-hydrogen) atoms. The number of aromatic nitrogens is 4. The highest BCUT2D eigenvalue weighted by atomic mass is 16.5. The predicted octanol–water partition coefficient (Wildman–Crippen LogP) is 5.16. The van der Waals surface area contributed by atoms with Gasteiger partial charge < -0.3 is 14.2 Å². The van der Waals surface area contributed by atoms with Crippen molar-refractivity contribution in [2.45, 2.75) is 64.5 Å². The molecule has 4 aromatic rings. The molecular formula is C28H28N6O4. The maximum absolute atomic E-state index is 13.0. The number of nitrogens with zero attached hydrogens (tertiary/aromatic N) is 5. The van der Waals surface area contributed by atoms with Gasteiger partial charge in [-0.25, -0.2) is 14.8 Å². The standard InChI is InChI=1S/C28H28N6O4/c1-15-11-20-21(13-34(15)27(35)18-5-6-18)29-14-30-26(20)37-23-8-7-22-19(16(23)2)9-10-33(22)28(36)31-25-12-24(38-32-25)17-3-4-17/h7-10,12,14-15,17-18H,3-6,11,13H2,1-2H3,(H,31,32,36)/t15-/m0/s1. The molecule has 2 fully saturated rings. The topological polar surface area (TPSA) is 115 Å². The average Bonchev–Trinajstić information content (AvgIpc) is 3.85. The fourth-order valence-electron chi connectivity index (χ4n) is 5.26. The summed E-state index contributed by atoms with van der Waals surface area (Å²) in [4.78, 5) is 36.5. The molecule has 1 N–H and O–H groups in total. The van der Waals surface area contributed by atoms with E-state index in [0.29, 0.717) is 36.3 Å². The van der Waals surface area contributed by atoms with Crippen molar-refractivity contribution < 1.29 is 18.8 Å². The van der Waals surface area contributed by atoms with Gasteiger partial charge >= 0.3 is 6.03 Å². The van der Waals surface area contributed by atoms with E-state index in [9.17, 15) is 9.59 Å². The second-order valence-corrected chi connectivity index (χ2v) is 10.6. The number of aryl methyl sites for hydroxylation is 1. The summed E-state index contributed by atoms with van der Waals surface area (Å²) in [7, 11) is 0. The van der Waals surface area contributed by atoms with Crippen LogP contribution in [0.2, 0.25) is 0 Å². The Hall–Kier alpha value is -4.21. The summed E-state index contributed by atoms with van der Waals surface area (Å²) in [6, 6.07) is 7.16. The Labute approximate surface area is 219 Å². The van der Waals surface area contributed by atoms with Crippen LogP contribution in [0.3, 0.4) is 0 Å². The molecular weight excluding hydrogens is 484 g/mol. The lowest BCUT2D eigenvalue weighted by atomic mass is 9.99. The summed E-state index contributed by atoms with van der Waals surface area (Å²) in [6.07, 6.45) is 8.05. The van der Waals surface area contributed by atoms with Crippen molar-refractivity contribution in [1.82, 2.24) is 24.6 Å². The minimum atomic E-state index is -0.312. The number of anilines is 1. The monoisotopic (exact) mass is 512 g/mol. The predicted molar refractivity (Wildman–Crippen MR) is 138 cm³/mol. The number of fused-ring (bicyclic) bond motifs is 2. The van der Waals surface area contributed by atoms with E-state index < -0.39 is 0 Å². The number of carbonyl (C=O) groups excluding carboxylic acids is 2. The fraction of sp³-hybridized carbons (Fsp3) is 0.393. The van der Waals surface area contributed by atoms with Crippen LogP contribution in [-0.4, -0.2) is 42.6 Å². The number of carbonyl (C=O) groups is 2. The number of benzene rings is 1. The maximum atomic E-state index is 13.0. The lowest BCUT2D eigenvalue weighted by molar-refractivity contribution is -0.135. The van der Waals surface area contributed by atoms with E-state index in [1.807, 2.05) is 30.0 Å². The molecule has 3 aliphatic rings. The lowest BCUT2D eigenvalue weighted by Gasteiger charge is -2.34. The Kier molecular flexibility index (Phi) is 5.24. The second-order valence-electron chi connectivity index (χ2n) is 10.6. The van der Waals surface area contributed by atoms with Gasteiger partial charge in [0.05, 0.1) is 17.8 Å². The van der Waals surface area contributed by atoms with Gasteiger partial charge in [0.15, 0.2) is 5.82 Å². The van der Waals surface area contributed by atoms with Gasteiger partial charge in [-0.1, -0.05) is 5.16 Å². The summed E-state index contributed by atoms with van der Waals surface area (Å²) in [5, 5.41) is 7.69. The molecule has 1 aromatic carbocycles. The van der Waals surface area contributed by atoms with Crippen LogP contribution in [0, 0.1) is 12.8 Å². The molecule has 0 radical (unpaired) electrons. The molecule has 4 heterocycles. The lowest BCUT2D eigenvalue weighted by Crippen LogP contribution is -2.43. The number of amides is 2. The van der Waals surface area contributed by atoms with Crippen molar-refractivity contribution in [2.24, 2.45) is 5.92 Å². The van der Waals surface area contributed by atoms with Gasteiger partial charge in [0.25, 0.3) is 0 Å². The minimum Gasteiger partial charge on any atom is -0.438 e. The zero-order valence-corrected chi connectivity index (χ0v) is 21.3. The molecule has 10 nitrogen and oxygen atoms in total. The van der Waals surface area contributed by atoms with E-state index in [-0.39, 0.29) is 23.9 Å². The van der Waals surface area contributed by atoms with E-state index in [1.165, 1.54) is 6.33 Å². The van der Waals surface area contributed by atoms with Gasteiger partial charge in [0, 0.05) is 46.7 Å². The highest BCUT2D eigenvalue weighted by Gasteiger charge is 2.38. The molecule has 0 saturated heterocycles. The number of rotatable bonds is 5. The molecule has 0 unspecified atom stereocenters. The third-order valence-electron chi connectivity index (χ3n) is 7.82. The highest BCUT2D eigenvalue weighted by molar-refractivity contribution is 5.99. The smallest absolute Gasteiger partial charge is 0.331 e. The first-order valence-corrected chi connectivity index (χ1v) is 13.2. The van der Waals surface area contributed by atoms with Gasteiger partial charge in [0.2, 0.25) is 11.8 Å². The average molecular weight is 513 g/mol. The largest absolute Gasteiger partial charge is 0.438 e. The van der Waals surface area contributed by atoms with Crippen molar-refractivity contribution in [3.63, 3.8) is 0 Å². The highest BCUT2D eigenvalue weighted by Crippen LogP contribution is 2.41. The van der Waals surface area contributed by atoms with Crippen molar-refractivity contribution in [3.8, 4) is 11.6 Å². The SMILES string of the molecule is Cc1c(Oc2ncnc3c2C[C@H](C)N(C(=O)C2CC2)C3)ccc2c1ccn2C(=O)Nc1cc(C2CC2)on1. The Morgan fingerprint density at radius 2 is 1.97 bits per heavy atom. The van der Waals surface area contributed by atoms with Gasteiger partial charge in [-0.05, 0) is 64.2 Å². The normalized spacial score (nSPS) is 18.9. The Morgan fingerprint density at radius 1 is 1.13 bits per heavy atom. The van der Waals surface area contributed by atoms with Gasteiger partial charge in [0.1, 0.15) is 17.8 Å². The number of ether oxygens (including phenoxy) is 1. The van der Waals surface area contributed by atoms with Crippen LogP contribution < -0.4 is 10.1 Å². The van der Waals surface area contributed by atoms with E-state index >= 15 is 0 Å². The zero-order valence-electron chi connectivity index (χ0n) is 21.3. The van der Waals surface area contributed by atoms with E-state index in [1.54, 1.807) is 16.8 Å². The maximum Gasteiger partial charge on any atom is 0.331 e. The third kappa shape index (κ3) is 4.00. The minimum absolute atomic E-state index is 0.0603. The molecule has 1 atom stereocenters. The summed E-state index contributed by atoms with van der Waals surface area (Å²) < 4.78 is 13.2. The Bertz CT molecular complexity index is 1580. The molecule has 194 valence electrons. The Balaban J connectivity index is 1.12. The molecule has 2 aliphatic carbocycles. The van der Waals surface area contributed by atoms with Crippen molar-refractivity contribution in [2.75, 3.05) is 5.32 Å². The molecule has 10 heteroatoms. The molecule has 1 aliphatic heterocycles. The first kappa shape index (κ1) is 22.9.